The van der Waals surface area contributed by atoms with Crippen molar-refractivity contribution in [2.75, 3.05) is 22.1 Å². The summed E-state index contributed by atoms with van der Waals surface area (Å²) in [5.74, 6) is 0.0688. The molecule has 4 rings (SSSR count). The number of carbonyl (C=O) groups is 2. The maximum absolute atomic E-state index is 13.3. The lowest BCUT2D eigenvalue weighted by molar-refractivity contribution is -0.115. The zero-order valence-corrected chi connectivity index (χ0v) is 20.9. The van der Waals surface area contributed by atoms with Gasteiger partial charge in [0.25, 0.3) is 5.91 Å². The van der Waals surface area contributed by atoms with E-state index in [-0.39, 0.29) is 28.4 Å². The highest BCUT2D eigenvalue weighted by atomic mass is 32.2. The molecule has 1 aliphatic rings. The molecule has 0 atom stereocenters. The number of sulfone groups is 1. The molecule has 0 radical (unpaired) electrons. The molecule has 0 unspecified atom stereocenters. The van der Waals surface area contributed by atoms with E-state index in [1.165, 1.54) is 23.2 Å². The number of hydrogen-bond acceptors (Lipinski definition) is 5. The van der Waals surface area contributed by atoms with Gasteiger partial charge in [0.2, 0.25) is 5.91 Å². The highest BCUT2D eigenvalue weighted by Crippen LogP contribution is 2.33. The van der Waals surface area contributed by atoms with E-state index in [2.05, 4.69) is 0 Å². The molecule has 1 aliphatic carbocycles. The molecule has 0 aliphatic heterocycles. The van der Waals surface area contributed by atoms with Gasteiger partial charge in [0.15, 0.2) is 9.84 Å². The molecule has 6 nitrogen and oxygen atoms in total. The first kappa shape index (κ1) is 24.2. The molecular weight excluding hydrogens is 468 g/mol. The zero-order chi connectivity index (χ0) is 24.3. The van der Waals surface area contributed by atoms with Crippen molar-refractivity contribution in [3.63, 3.8) is 0 Å². The molecule has 2 amide bonds. The summed E-state index contributed by atoms with van der Waals surface area (Å²) in [6.45, 7) is 4.06. The normalized spacial score (nSPS) is 13.5. The minimum Gasteiger partial charge on any atom is -0.308 e. The van der Waals surface area contributed by atoms with Crippen molar-refractivity contribution >= 4 is 50.1 Å². The maximum atomic E-state index is 13.3. The Hall–Kier alpha value is -2.97. The first-order valence-electron chi connectivity index (χ1n) is 11.4. The van der Waals surface area contributed by atoms with Crippen LogP contribution in [0.5, 0.6) is 0 Å². The molecule has 3 aromatic rings. The van der Waals surface area contributed by atoms with Crippen molar-refractivity contribution in [2.45, 2.75) is 38.0 Å². The van der Waals surface area contributed by atoms with Gasteiger partial charge in [-0.25, -0.2) is 8.42 Å². The Bertz CT molecular complexity index is 1260. The molecule has 0 spiro atoms. The van der Waals surface area contributed by atoms with Crippen LogP contribution in [0.4, 0.5) is 17.1 Å². The van der Waals surface area contributed by atoms with E-state index in [0.29, 0.717) is 23.5 Å². The Morgan fingerprint density at radius 3 is 2.32 bits per heavy atom. The molecule has 8 heteroatoms. The van der Waals surface area contributed by atoms with E-state index in [9.17, 15) is 18.0 Å². The first-order valence-corrected chi connectivity index (χ1v) is 14.0. The second-order valence-corrected chi connectivity index (χ2v) is 11.4. The molecule has 0 bridgehead atoms. The monoisotopic (exact) mass is 496 g/mol. The lowest BCUT2D eigenvalue weighted by atomic mass is 10.1. The standard InChI is InChI=1S/C26H28N2O4S2/c1-3-14-27(24-13-15-33-17-24)26(30)21-5-4-6-23(16-21)28(19(2)29)22-9-11-25(12-10-22)34(31,32)18-20-7-8-20/h4-6,9-13,15-17,20H,3,7-8,14,18H2,1-2H3. The highest BCUT2D eigenvalue weighted by Gasteiger charge is 2.29. The number of nitrogens with zero attached hydrogens (tertiary/aromatic N) is 2. The SMILES string of the molecule is CCCN(C(=O)c1cccc(N(C(C)=O)c2ccc(S(=O)(=O)CC3CC3)cc2)c1)c1ccsc1. The summed E-state index contributed by atoms with van der Waals surface area (Å²) >= 11 is 1.54. The smallest absolute Gasteiger partial charge is 0.258 e. The summed E-state index contributed by atoms with van der Waals surface area (Å²) in [4.78, 5) is 29.4. The lowest BCUT2D eigenvalue weighted by Crippen LogP contribution is -2.31. The van der Waals surface area contributed by atoms with Gasteiger partial charge in [-0.2, -0.15) is 11.3 Å². The van der Waals surface area contributed by atoms with Gasteiger partial charge in [0.1, 0.15) is 0 Å². The van der Waals surface area contributed by atoms with Crippen molar-refractivity contribution in [1.82, 2.24) is 0 Å². The lowest BCUT2D eigenvalue weighted by Gasteiger charge is -2.24. The Morgan fingerprint density at radius 1 is 1.00 bits per heavy atom. The van der Waals surface area contributed by atoms with Crippen molar-refractivity contribution in [3.8, 4) is 0 Å². The van der Waals surface area contributed by atoms with Crippen LogP contribution in [-0.4, -0.2) is 32.5 Å². The minimum atomic E-state index is -3.33. The van der Waals surface area contributed by atoms with E-state index in [1.54, 1.807) is 53.4 Å². The molecule has 2 aromatic carbocycles. The van der Waals surface area contributed by atoms with Crippen LogP contribution in [0.3, 0.4) is 0 Å². The molecule has 34 heavy (non-hydrogen) atoms. The van der Waals surface area contributed by atoms with Crippen molar-refractivity contribution in [2.24, 2.45) is 5.92 Å². The third-order valence-corrected chi connectivity index (χ3v) is 8.35. The summed E-state index contributed by atoms with van der Waals surface area (Å²) in [5, 5.41) is 3.88. The van der Waals surface area contributed by atoms with Crippen molar-refractivity contribution in [1.29, 1.82) is 0 Å². The van der Waals surface area contributed by atoms with Crippen LogP contribution in [-0.2, 0) is 14.6 Å². The molecule has 1 fully saturated rings. The quantitative estimate of drug-likeness (QED) is 0.382. The number of rotatable bonds is 9. The van der Waals surface area contributed by atoms with Crippen molar-refractivity contribution < 1.29 is 18.0 Å². The Morgan fingerprint density at radius 2 is 1.74 bits per heavy atom. The molecular formula is C26H28N2O4S2. The Kier molecular flexibility index (Phi) is 7.19. The van der Waals surface area contributed by atoms with Gasteiger partial charge in [0, 0.05) is 35.8 Å². The third-order valence-electron chi connectivity index (χ3n) is 5.78. The fourth-order valence-corrected chi connectivity index (χ4v) is 6.26. The van der Waals surface area contributed by atoms with Crippen molar-refractivity contribution in [3.05, 3.63) is 70.9 Å². The summed E-state index contributed by atoms with van der Waals surface area (Å²) in [5.41, 5.74) is 2.43. The van der Waals surface area contributed by atoms with Gasteiger partial charge < -0.3 is 4.90 Å². The van der Waals surface area contributed by atoms with Gasteiger partial charge in [-0.3, -0.25) is 14.5 Å². The van der Waals surface area contributed by atoms with Gasteiger partial charge >= 0.3 is 0 Å². The number of hydrogen-bond donors (Lipinski definition) is 0. The molecule has 1 heterocycles. The second kappa shape index (κ2) is 10.1. The summed E-state index contributed by atoms with van der Waals surface area (Å²) in [6, 6.07) is 15.3. The third kappa shape index (κ3) is 5.39. The van der Waals surface area contributed by atoms with Gasteiger partial charge in [-0.1, -0.05) is 13.0 Å². The highest BCUT2D eigenvalue weighted by molar-refractivity contribution is 7.91. The van der Waals surface area contributed by atoms with Crippen LogP contribution >= 0.6 is 11.3 Å². The molecule has 0 N–H and O–H groups in total. The molecule has 1 aromatic heterocycles. The Balaban J connectivity index is 1.62. The predicted octanol–water partition coefficient (Wildman–Crippen LogP) is 5.67. The fraction of sp³-hybridized carbons (Fsp3) is 0.308. The second-order valence-electron chi connectivity index (χ2n) is 8.56. The topological polar surface area (TPSA) is 74.8 Å². The van der Waals surface area contributed by atoms with Crippen LogP contribution < -0.4 is 9.80 Å². The number of thiophene rings is 1. The van der Waals surface area contributed by atoms with E-state index < -0.39 is 9.84 Å². The average molecular weight is 497 g/mol. The van der Waals surface area contributed by atoms with Crippen LogP contribution in [0.15, 0.2) is 70.3 Å². The minimum absolute atomic E-state index is 0.132. The molecule has 178 valence electrons. The maximum Gasteiger partial charge on any atom is 0.258 e. The van der Waals surface area contributed by atoms with Crippen LogP contribution in [0.25, 0.3) is 0 Å². The van der Waals surface area contributed by atoms with E-state index in [4.69, 9.17) is 0 Å². The van der Waals surface area contributed by atoms with Gasteiger partial charge in [-0.05, 0) is 79.1 Å². The predicted molar refractivity (Wildman–Crippen MR) is 137 cm³/mol. The number of carbonyl (C=O) groups excluding carboxylic acids is 2. The van der Waals surface area contributed by atoms with Crippen LogP contribution in [0.2, 0.25) is 0 Å². The zero-order valence-electron chi connectivity index (χ0n) is 19.3. The van der Waals surface area contributed by atoms with E-state index in [0.717, 1.165) is 24.9 Å². The van der Waals surface area contributed by atoms with E-state index >= 15 is 0 Å². The van der Waals surface area contributed by atoms with Gasteiger partial charge in [-0.15, -0.1) is 0 Å². The summed E-state index contributed by atoms with van der Waals surface area (Å²) < 4.78 is 25.2. The van der Waals surface area contributed by atoms with E-state index in [1.807, 2.05) is 23.8 Å². The fourth-order valence-electron chi connectivity index (χ4n) is 3.92. The van der Waals surface area contributed by atoms with Crippen LogP contribution in [0.1, 0.15) is 43.5 Å². The molecule has 1 saturated carbocycles. The molecule has 0 saturated heterocycles. The largest absolute Gasteiger partial charge is 0.308 e. The number of amides is 2. The van der Waals surface area contributed by atoms with Crippen LogP contribution in [0, 0.1) is 5.92 Å². The summed E-state index contributed by atoms with van der Waals surface area (Å²) in [7, 11) is -3.33. The first-order chi connectivity index (χ1) is 16.3. The van der Waals surface area contributed by atoms with Gasteiger partial charge in [0.05, 0.1) is 16.3 Å². The number of benzene rings is 2. The Labute approximate surface area is 204 Å². The summed E-state index contributed by atoms with van der Waals surface area (Å²) in [6.07, 6.45) is 2.75. The average Bonchev–Trinajstić information content (AvgIpc) is 3.45. The number of anilines is 3.